The molecule has 1 nitrogen and oxygen atoms in total. The minimum atomic E-state index is -5.63. The minimum Gasteiger partial charge on any atom is -0.494 e. The topological polar surface area (TPSA) is 9.23 Å². The smallest absolute Gasteiger partial charge is 0.454 e. The van der Waals surface area contributed by atoms with Crippen LogP contribution in [0.1, 0.15) is 22.9 Å². The summed E-state index contributed by atoms with van der Waals surface area (Å²) in [6.45, 7) is 3.40. The SMILES string of the molecule is CCOc1ccc(C)cc1C(Br)C(F)(F)C(F)(F)F. The van der Waals surface area contributed by atoms with Crippen molar-refractivity contribution < 1.29 is 26.7 Å². The third-order valence-electron chi connectivity index (χ3n) is 2.43. The van der Waals surface area contributed by atoms with E-state index >= 15 is 0 Å². The van der Waals surface area contributed by atoms with Gasteiger partial charge in [0.15, 0.2) is 0 Å². The van der Waals surface area contributed by atoms with Gasteiger partial charge in [-0.2, -0.15) is 22.0 Å². The first kappa shape index (κ1) is 16.2. The summed E-state index contributed by atoms with van der Waals surface area (Å²) in [5.74, 6) is -4.87. The molecule has 108 valence electrons. The van der Waals surface area contributed by atoms with Gasteiger partial charge in [-0.1, -0.05) is 33.6 Å². The van der Waals surface area contributed by atoms with Crippen LogP contribution >= 0.6 is 15.9 Å². The second-order valence-electron chi connectivity index (χ2n) is 3.96. The molecule has 1 rings (SSSR count). The van der Waals surface area contributed by atoms with Gasteiger partial charge >= 0.3 is 12.1 Å². The van der Waals surface area contributed by atoms with E-state index in [4.69, 9.17) is 4.74 Å². The van der Waals surface area contributed by atoms with Crippen LogP contribution in [-0.2, 0) is 0 Å². The number of ether oxygens (including phenoxy) is 1. The Balaban J connectivity index is 3.25. The highest BCUT2D eigenvalue weighted by molar-refractivity contribution is 9.09. The number of halogens is 6. The van der Waals surface area contributed by atoms with Crippen molar-refractivity contribution in [2.45, 2.75) is 30.8 Å². The molecule has 1 unspecified atom stereocenters. The summed E-state index contributed by atoms with van der Waals surface area (Å²) in [5.41, 5.74) is 0.352. The molecule has 0 aliphatic heterocycles. The third kappa shape index (κ3) is 3.38. The molecule has 0 saturated carbocycles. The van der Waals surface area contributed by atoms with Gasteiger partial charge in [0.05, 0.1) is 6.61 Å². The number of hydrogen-bond donors (Lipinski definition) is 0. The molecule has 1 aromatic carbocycles. The van der Waals surface area contributed by atoms with Gasteiger partial charge in [0, 0.05) is 5.56 Å². The van der Waals surface area contributed by atoms with Crippen molar-refractivity contribution in [3.05, 3.63) is 29.3 Å². The Hall–Kier alpha value is -0.850. The number of alkyl halides is 6. The molecule has 0 heterocycles. The van der Waals surface area contributed by atoms with E-state index in [-0.39, 0.29) is 17.9 Å². The van der Waals surface area contributed by atoms with Crippen molar-refractivity contribution in [3.8, 4) is 5.75 Å². The Bertz CT molecular complexity index is 444. The minimum absolute atomic E-state index is 0.0129. The van der Waals surface area contributed by atoms with Crippen molar-refractivity contribution in [1.29, 1.82) is 0 Å². The summed E-state index contributed by atoms with van der Waals surface area (Å²) in [4.78, 5) is -2.19. The van der Waals surface area contributed by atoms with Crippen molar-refractivity contribution in [1.82, 2.24) is 0 Å². The normalized spacial score (nSPS) is 14.3. The lowest BCUT2D eigenvalue weighted by molar-refractivity contribution is -0.281. The van der Waals surface area contributed by atoms with Crippen molar-refractivity contribution in [3.63, 3.8) is 0 Å². The van der Waals surface area contributed by atoms with Crippen molar-refractivity contribution >= 4 is 15.9 Å². The van der Waals surface area contributed by atoms with Gasteiger partial charge in [-0.25, -0.2) is 0 Å². The zero-order valence-corrected chi connectivity index (χ0v) is 11.8. The van der Waals surface area contributed by atoms with Gasteiger partial charge in [0.2, 0.25) is 0 Å². The number of hydrogen-bond acceptors (Lipinski definition) is 1. The fourth-order valence-electron chi connectivity index (χ4n) is 1.49. The Labute approximate surface area is 115 Å². The van der Waals surface area contributed by atoms with Gasteiger partial charge in [-0.15, -0.1) is 0 Å². The Morgan fingerprint density at radius 3 is 2.26 bits per heavy atom. The van der Waals surface area contributed by atoms with Crippen LogP contribution in [0.3, 0.4) is 0 Å². The van der Waals surface area contributed by atoms with Crippen molar-refractivity contribution in [2.24, 2.45) is 0 Å². The van der Waals surface area contributed by atoms with Gasteiger partial charge in [-0.05, 0) is 19.9 Å². The Morgan fingerprint density at radius 1 is 1.21 bits per heavy atom. The predicted octanol–water partition coefficient (Wildman–Crippen LogP) is 5.03. The first-order valence-electron chi connectivity index (χ1n) is 5.43. The number of benzene rings is 1. The van der Waals surface area contributed by atoms with E-state index in [1.54, 1.807) is 19.9 Å². The third-order valence-corrected chi connectivity index (χ3v) is 3.50. The summed E-state index contributed by atoms with van der Waals surface area (Å²) < 4.78 is 68.9. The maximum atomic E-state index is 13.3. The summed E-state index contributed by atoms with van der Waals surface area (Å²) in [5, 5.41) is 0. The van der Waals surface area contributed by atoms with E-state index in [9.17, 15) is 22.0 Å². The summed E-state index contributed by atoms with van der Waals surface area (Å²) in [6.07, 6.45) is -5.63. The maximum Gasteiger partial charge on any atom is 0.454 e. The van der Waals surface area contributed by atoms with Crippen LogP contribution in [0.2, 0.25) is 0 Å². The highest BCUT2D eigenvalue weighted by atomic mass is 79.9. The molecular formula is C12H12BrF5O. The highest BCUT2D eigenvalue weighted by Gasteiger charge is 2.62. The second kappa shape index (κ2) is 5.64. The summed E-state index contributed by atoms with van der Waals surface area (Å²) in [6, 6.07) is 4.22. The lowest BCUT2D eigenvalue weighted by Gasteiger charge is -2.26. The quantitative estimate of drug-likeness (QED) is 0.549. The monoisotopic (exact) mass is 346 g/mol. The Morgan fingerprint density at radius 2 is 1.79 bits per heavy atom. The zero-order valence-electron chi connectivity index (χ0n) is 10.2. The summed E-state index contributed by atoms with van der Waals surface area (Å²) in [7, 11) is 0. The number of aryl methyl sites for hydroxylation is 1. The van der Waals surface area contributed by atoms with Gasteiger partial charge in [-0.3, -0.25) is 0 Å². The maximum absolute atomic E-state index is 13.3. The van der Waals surface area contributed by atoms with Crippen LogP contribution in [-0.4, -0.2) is 18.7 Å². The van der Waals surface area contributed by atoms with E-state index < -0.39 is 16.9 Å². The van der Waals surface area contributed by atoms with E-state index in [0.717, 1.165) is 0 Å². The molecule has 0 aromatic heterocycles. The van der Waals surface area contributed by atoms with Crippen LogP contribution in [0, 0.1) is 6.92 Å². The van der Waals surface area contributed by atoms with Crippen LogP contribution in [0.25, 0.3) is 0 Å². The van der Waals surface area contributed by atoms with Crippen molar-refractivity contribution in [2.75, 3.05) is 6.61 Å². The number of rotatable bonds is 4. The highest BCUT2D eigenvalue weighted by Crippen LogP contribution is 2.50. The van der Waals surface area contributed by atoms with Gasteiger partial charge < -0.3 is 4.74 Å². The molecule has 0 amide bonds. The average Bonchev–Trinajstić information content (AvgIpc) is 2.29. The van der Waals surface area contributed by atoms with Crippen LogP contribution in [0.5, 0.6) is 5.75 Å². The van der Waals surface area contributed by atoms with Crippen LogP contribution in [0.4, 0.5) is 22.0 Å². The fourth-order valence-corrected chi connectivity index (χ4v) is 2.11. The molecule has 19 heavy (non-hydrogen) atoms. The van der Waals surface area contributed by atoms with E-state index in [1.807, 2.05) is 0 Å². The largest absolute Gasteiger partial charge is 0.494 e. The molecule has 0 aliphatic rings. The lowest BCUT2D eigenvalue weighted by Crippen LogP contribution is -2.40. The van der Waals surface area contributed by atoms with Crippen LogP contribution in [0.15, 0.2) is 18.2 Å². The zero-order chi connectivity index (χ0) is 14.8. The van der Waals surface area contributed by atoms with E-state index in [1.165, 1.54) is 12.1 Å². The molecule has 0 bridgehead atoms. The first-order valence-corrected chi connectivity index (χ1v) is 6.34. The van der Waals surface area contributed by atoms with Gasteiger partial charge in [0.1, 0.15) is 10.6 Å². The Kier molecular flexibility index (Phi) is 4.81. The summed E-state index contributed by atoms with van der Waals surface area (Å²) >= 11 is 2.45. The molecule has 0 spiro atoms. The fraction of sp³-hybridized carbons (Fsp3) is 0.500. The van der Waals surface area contributed by atoms with Crippen LogP contribution < -0.4 is 4.74 Å². The molecular weight excluding hydrogens is 335 g/mol. The molecule has 0 radical (unpaired) electrons. The molecule has 7 heteroatoms. The predicted molar refractivity (Wildman–Crippen MR) is 65.0 cm³/mol. The average molecular weight is 347 g/mol. The lowest BCUT2D eigenvalue weighted by atomic mass is 10.0. The first-order chi connectivity index (χ1) is 8.61. The molecule has 1 atom stereocenters. The van der Waals surface area contributed by atoms with Gasteiger partial charge in [0.25, 0.3) is 0 Å². The molecule has 0 fully saturated rings. The van der Waals surface area contributed by atoms with E-state index in [0.29, 0.717) is 5.56 Å². The standard InChI is InChI=1S/C12H12BrF5O/c1-3-19-9-5-4-7(2)6-8(9)10(13)11(14,15)12(16,17)18/h4-6,10H,3H2,1-2H3. The van der Waals surface area contributed by atoms with E-state index in [2.05, 4.69) is 15.9 Å². The second-order valence-corrected chi connectivity index (χ2v) is 4.87. The molecule has 0 saturated heterocycles. The molecule has 1 aromatic rings. The molecule has 0 N–H and O–H groups in total. The molecule has 0 aliphatic carbocycles.